The van der Waals surface area contributed by atoms with Gasteiger partial charge >= 0.3 is 0 Å². The Hall–Kier alpha value is -1.67. The van der Waals surface area contributed by atoms with Crippen molar-refractivity contribution >= 4 is 37.3 Å². The molecule has 4 nitrogen and oxygen atoms in total. The predicted octanol–water partition coefficient (Wildman–Crippen LogP) is 3.42. The third kappa shape index (κ3) is 3.51. The third-order valence-corrected chi connectivity index (χ3v) is 4.58. The molecule has 0 bridgehead atoms. The molecule has 112 valence electrons. The van der Waals surface area contributed by atoms with Crippen LogP contribution in [-0.4, -0.2) is 8.42 Å². The Kier molecular flexibility index (Phi) is 4.20. The maximum Gasteiger partial charge on any atom is 0.262 e. The number of benzene rings is 2. The second-order valence-corrected chi connectivity index (χ2v) is 6.97. The number of anilines is 2. The minimum absolute atomic E-state index is 0.0378. The van der Waals surface area contributed by atoms with E-state index < -0.39 is 21.7 Å². The van der Waals surface area contributed by atoms with Gasteiger partial charge in [-0.05, 0) is 52.7 Å². The first-order chi connectivity index (χ1) is 9.69. The molecule has 0 aromatic heterocycles. The highest BCUT2D eigenvalue weighted by atomic mass is 79.9. The summed E-state index contributed by atoms with van der Waals surface area (Å²) in [6.45, 7) is 1.68. The molecule has 0 unspecified atom stereocenters. The van der Waals surface area contributed by atoms with Crippen molar-refractivity contribution in [3.8, 4) is 0 Å². The summed E-state index contributed by atoms with van der Waals surface area (Å²) in [6, 6.07) is 5.81. The summed E-state index contributed by atoms with van der Waals surface area (Å²) in [7, 11) is -4.04. The smallest absolute Gasteiger partial charge is 0.262 e. The molecule has 0 atom stereocenters. The second kappa shape index (κ2) is 5.61. The highest BCUT2D eigenvalue weighted by Crippen LogP contribution is 2.29. The zero-order chi connectivity index (χ0) is 15.8. The molecule has 0 heterocycles. The van der Waals surface area contributed by atoms with Crippen molar-refractivity contribution in [1.82, 2.24) is 0 Å². The Balaban J connectivity index is 2.47. The van der Waals surface area contributed by atoms with Gasteiger partial charge in [0, 0.05) is 16.2 Å². The number of rotatable bonds is 3. The van der Waals surface area contributed by atoms with E-state index in [-0.39, 0.29) is 20.7 Å². The number of sulfonamides is 1. The van der Waals surface area contributed by atoms with Crippen LogP contribution in [0.1, 0.15) is 5.56 Å². The fraction of sp³-hybridized carbons (Fsp3) is 0.0769. The van der Waals surface area contributed by atoms with Crippen molar-refractivity contribution in [1.29, 1.82) is 0 Å². The van der Waals surface area contributed by atoms with E-state index in [0.29, 0.717) is 11.6 Å². The molecule has 0 fully saturated rings. The quantitative estimate of drug-likeness (QED) is 0.806. The van der Waals surface area contributed by atoms with Crippen molar-refractivity contribution in [3.05, 3.63) is 52.0 Å². The van der Waals surface area contributed by atoms with Crippen LogP contribution < -0.4 is 10.5 Å². The molecular formula is C13H11BrF2N2O2S. The van der Waals surface area contributed by atoms with Crippen molar-refractivity contribution in [2.24, 2.45) is 0 Å². The van der Waals surface area contributed by atoms with Crippen LogP contribution in [0.2, 0.25) is 0 Å². The Bertz CT molecular complexity index is 767. The standard InChI is InChI=1S/C13H11BrF2N2O2S/c1-7-2-9(17)6-10(3-7)21(19,20)18-13-11(14)4-8(15)5-12(13)16/h2-6,18H,17H2,1H3. The van der Waals surface area contributed by atoms with Gasteiger partial charge in [0.15, 0.2) is 5.82 Å². The fourth-order valence-corrected chi connectivity index (χ4v) is 3.63. The van der Waals surface area contributed by atoms with Gasteiger partial charge in [0.2, 0.25) is 0 Å². The number of nitrogens with one attached hydrogen (secondary N) is 1. The number of nitrogens with two attached hydrogens (primary N) is 1. The Morgan fingerprint density at radius 3 is 2.38 bits per heavy atom. The highest BCUT2D eigenvalue weighted by molar-refractivity contribution is 9.10. The van der Waals surface area contributed by atoms with Crippen molar-refractivity contribution in [2.45, 2.75) is 11.8 Å². The van der Waals surface area contributed by atoms with Gasteiger partial charge < -0.3 is 5.73 Å². The Labute approximate surface area is 129 Å². The molecule has 3 N–H and O–H groups in total. The summed E-state index contributed by atoms with van der Waals surface area (Å²) in [4.78, 5) is -0.101. The summed E-state index contributed by atoms with van der Waals surface area (Å²) in [5.41, 5.74) is 6.16. The SMILES string of the molecule is Cc1cc(N)cc(S(=O)(=O)Nc2c(F)cc(F)cc2Br)c1. The van der Waals surface area contributed by atoms with Crippen LogP contribution in [0.4, 0.5) is 20.2 Å². The largest absolute Gasteiger partial charge is 0.399 e. The zero-order valence-electron chi connectivity index (χ0n) is 10.8. The lowest BCUT2D eigenvalue weighted by Gasteiger charge is -2.12. The maximum atomic E-state index is 13.7. The molecular weight excluding hydrogens is 366 g/mol. The van der Waals surface area contributed by atoms with Crippen LogP contribution in [0.25, 0.3) is 0 Å². The van der Waals surface area contributed by atoms with E-state index in [1.807, 2.05) is 0 Å². The minimum Gasteiger partial charge on any atom is -0.399 e. The van der Waals surface area contributed by atoms with Gasteiger partial charge in [0.05, 0.1) is 10.6 Å². The topological polar surface area (TPSA) is 72.2 Å². The number of aryl methyl sites for hydroxylation is 1. The summed E-state index contributed by atoms with van der Waals surface area (Å²) >= 11 is 2.92. The monoisotopic (exact) mass is 376 g/mol. The van der Waals surface area contributed by atoms with E-state index >= 15 is 0 Å². The summed E-state index contributed by atoms with van der Waals surface area (Å²) in [5, 5.41) is 0. The molecule has 21 heavy (non-hydrogen) atoms. The summed E-state index contributed by atoms with van der Waals surface area (Å²) in [5.74, 6) is -1.84. The highest BCUT2D eigenvalue weighted by Gasteiger charge is 2.19. The van der Waals surface area contributed by atoms with Crippen molar-refractivity contribution < 1.29 is 17.2 Å². The first kappa shape index (κ1) is 15.7. The number of hydrogen-bond acceptors (Lipinski definition) is 3. The molecule has 0 aliphatic rings. The molecule has 2 rings (SSSR count). The van der Waals surface area contributed by atoms with E-state index in [1.54, 1.807) is 13.0 Å². The van der Waals surface area contributed by atoms with Crippen LogP contribution in [0.5, 0.6) is 0 Å². The molecule has 2 aromatic carbocycles. The Morgan fingerprint density at radius 2 is 1.81 bits per heavy atom. The third-order valence-electron chi connectivity index (χ3n) is 2.63. The molecule has 0 amide bonds. The van der Waals surface area contributed by atoms with Gasteiger partial charge in [-0.3, -0.25) is 4.72 Å². The van der Waals surface area contributed by atoms with Gasteiger partial charge in [0.25, 0.3) is 10.0 Å². The van der Waals surface area contributed by atoms with E-state index in [4.69, 9.17) is 5.73 Å². The number of hydrogen-bond donors (Lipinski definition) is 2. The first-order valence-electron chi connectivity index (χ1n) is 5.73. The van der Waals surface area contributed by atoms with E-state index in [9.17, 15) is 17.2 Å². The van der Waals surface area contributed by atoms with Crippen LogP contribution in [-0.2, 0) is 10.0 Å². The van der Waals surface area contributed by atoms with Gasteiger partial charge in [-0.15, -0.1) is 0 Å². The van der Waals surface area contributed by atoms with E-state index in [2.05, 4.69) is 20.7 Å². The lowest BCUT2D eigenvalue weighted by atomic mass is 10.2. The van der Waals surface area contributed by atoms with E-state index in [1.165, 1.54) is 12.1 Å². The molecule has 8 heteroatoms. The zero-order valence-corrected chi connectivity index (χ0v) is 13.2. The molecule has 0 aliphatic heterocycles. The first-order valence-corrected chi connectivity index (χ1v) is 8.01. The lowest BCUT2D eigenvalue weighted by molar-refractivity contribution is 0.581. The molecule has 0 aliphatic carbocycles. The molecule has 0 saturated carbocycles. The van der Waals surface area contributed by atoms with E-state index in [0.717, 1.165) is 6.07 Å². The van der Waals surface area contributed by atoms with Gasteiger partial charge in [-0.25, -0.2) is 17.2 Å². The van der Waals surface area contributed by atoms with Crippen molar-refractivity contribution in [2.75, 3.05) is 10.5 Å². The maximum absolute atomic E-state index is 13.7. The van der Waals surface area contributed by atoms with Gasteiger partial charge in [-0.2, -0.15) is 0 Å². The summed E-state index contributed by atoms with van der Waals surface area (Å²) in [6.07, 6.45) is 0. The second-order valence-electron chi connectivity index (χ2n) is 4.43. The number of nitrogen functional groups attached to an aromatic ring is 1. The normalized spacial score (nSPS) is 11.4. The fourth-order valence-electron chi connectivity index (χ4n) is 1.76. The lowest BCUT2D eigenvalue weighted by Crippen LogP contribution is -2.15. The average Bonchev–Trinajstić information content (AvgIpc) is 2.32. The van der Waals surface area contributed by atoms with Crippen LogP contribution >= 0.6 is 15.9 Å². The van der Waals surface area contributed by atoms with Crippen LogP contribution in [0.15, 0.2) is 39.7 Å². The van der Waals surface area contributed by atoms with Crippen LogP contribution in [0.3, 0.4) is 0 Å². The molecule has 2 aromatic rings. The minimum atomic E-state index is -4.04. The van der Waals surface area contributed by atoms with Crippen molar-refractivity contribution in [3.63, 3.8) is 0 Å². The van der Waals surface area contributed by atoms with Gasteiger partial charge in [0.1, 0.15) is 5.82 Å². The average molecular weight is 377 g/mol. The summed E-state index contributed by atoms with van der Waals surface area (Å²) < 4.78 is 53.2. The number of halogens is 3. The molecule has 0 radical (unpaired) electrons. The van der Waals surface area contributed by atoms with Gasteiger partial charge in [-0.1, -0.05) is 0 Å². The predicted molar refractivity (Wildman–Crippen MR) is 80.5 cm³/mol. The molecule has 0 saturated heterocycles. The Morgan fingerprint density at radius 1 is 1.14 bits per heavy atom. The van der Waals surface area contributed by atoms with Crippen LogP contribution in [0, 0.1) is 18.6 Å². The molecule has 0 spiro atoms.